The summed E-state index contributed by atoms with van der Waals surface area (Å²) in [5.41, 5.74) is 0. The lowest BCUT2D eigenvalue weighted by Gasteiger charge is -2.35. The van der Waals surface area contributed by atoms with Gasteiger partial charge >= 0.3 is 0 Å². The van der Waals surface area contributed by atoms with Crippen molar-refractivity contribution in [3.63, 3.8) is 0 Å². The number of H-pyrrole nitrogens is 1. The smallest absolute Gasteiger partial charge is 0.290 e. The minimum absolute atomic E-state index is 0.0409. The molecule has 1 aliphatic carbocycles. The zero-order valence-corrected chi connectivity index (χ0v) is 17.1. The molecule has 2 saturated heterocycles. The number of hydrogen-bond donors (Lipinski definition) is 1. The number of carbonyl (C=O) groups is 2. The second-order valence-electron chi connectivity index (χ2n) is 8.25. The van der Waals surface area contributed by atoms with E-state index in [0.717, 1.165) is 44.5 Å². The molecule has 5 rings (SSSR count). The summed E-state index contributed by atoms with van der Waals surface area (Å²) in [5, 5.41) is 7.44. The van der Waals surface area contributed by atoms with Gasteiger partial charge in [0.05, 0.1) is 6.26 Å². The first-order valence-electron chi connectivity index (χ1n) is 10.4. The minimum Gasteiger partial charge on any atom is -0.459 e. The van der Waals surface area contributed by atoms with Crippen LogP contribution in [0.2, 0.25) is 0 Å². The van der Waals surface area contributed by atoms with Crippen LogP contribution in [0.1, 0.15) is 66.9 Å². The first-order valence-corrected chi connectivity index (χ1v) is 10.8. The number of aromatic nitrogens is 3. The number of furan rings is 1. The number of amides is 2. The Bertz CT molecular complexity index is 961. The highest BCUT2D eigenvalue weighted by atomic mass is 32.1. The molecule has 2 amide bonds. The fraction of sp³-hybridized carbons (Fsp3) is 0.600. The van der Waals surface area contributed by atoms with E-state index in [4.69, 9.17) is 16.6 Å². The molecule has 8 nitrogen and oxygen atoms in total. The van der Waals surface area contributed by atoms with Gasteiger partial charge in [-0.1, -0.05) is 0 Å². The highest BCUT2D eigenvalue weighted by Gasteiger charge is 2.40. The van der Waals surface area contributed by atoms with Crippen LogP contribution in [-0.4, -0.2) is 62.1 Å². The predicted molar refractivity (Wildman–Crippen MR) is 107 cm³/mol. The number of aromatic amines is 1. The maximum absolute atomic E-state index is 13.3. The SMILES string of the molecule is O=C(C1CCCN1C(=O)c1ccco1)N1CCCC(c2n[nH]c(=S)n2C2CC2)C1. The summed E-state index contributed by atoms with van der Waals surface area (Å²) in [4.78, 5) is 29.7. The van der Waals surface area contributed by atoms with Crippen molar-refractivity contribution in [1.29, 1.82) is 0 Å². The van der Waals surface area contributed by atoms with Gasteiger partial charge in [-0.15, -0.1) is 0 Å². The average molecular weight is 416 g/mol. The molecular formula is C20H25N5O3S. The molecular weight excluding hydrogens is 390 g/mol. The van der Waals surface area contributed by atoms with E-state index in [1.807, 2.05) is 4.90 Å². The molecule has 2 aromatic heterocycles. The van der Waals surface area contributed by atoms with E-state index < -0.39 is 6.04 Å². The predicted octanol–water partition coefficient (Wildman–Crippen LogP) is 2.88. The van der Waals surface area contributed by atoms with Gasteiger partial charge in [0.1, 0.15) is 11.9 Å². The third kappa shape index (κ3) is 3.41. The fourth-order valence-electron chi connectivity index (χ4n) is 4.70. The lowest BCUT2D eigenvalue weighted by Crippen LogP contribution is -2.50. The van der Waals surface area contributed by atoms with Crippen molar-refractivity contribution in [2.75, 3.05) is 19.6 Å². The standard InChI is InChI=1S/C20H25N5O3S/c26-18(15-5-2-10-24(15)19(27)16-6-3-11-28-16)23-9-1-4-13(12-23)17-21-22-20(29)25(17)14-7-8-14/h3,6,11,13-15H,1-2,4-5,7-10,12H2,(H,22,29). The highest BCUT2D eigenvalue weighted by Crippen LogP contribution is 2.38. The summed E-state index contributed by atoms with van der Waals surface area (Å²) in [5.74, 6) is 1.29. The molecule has 1 saturated carbocycles. The van der Waals surface area contributed by atoms with Crippen LogP contribution in [0, 0.1) is 4.77 Å². The van der Waals surface area contributed by atoms with Gasteiger partial charge in [-0.05, 0) is 62.9 Å². The zero-order chi connectivity index (χ0) is 20.0. The van der Waals surface area contributed by atoms with Gasteiger partial charge in [0.2, 0.25) is 5.91 Å². The van der Waals surface area contributed by atoms with Crippen LogP contribution in [0.3, 0.4) is 0 Å². The Morgan fingerprint density at radius 2 is 2.00 bits per heavy atom. The van der Waals surface area contributed by atoms with Crippen LogP contribution >= 0.6 is 12.2 Å². The van der Waals surface area contributed by atoms with Crippen LogP contribution in [-0.2, 0) is 4.79 Å². The van der Waals surface area contributed by atoms with Gasteiger partial charge in [0.15, 0.2) is 10.5 Å². The first kappa shape index (κ1) is 18.6. The van der Waals surface area contributed by atoms with Crippen molar-refractivity contribution in [1.82, 2.24) is 24.6 Å². The molecule has 9 heteroatoms. The van der Waals surface area contributed by atoms with Crippen molar-refractivity contribution in [3.8, 4) is 0 Å². The zero-order valence-electron chi connectivity index (χ0n) is 16.2. The quantitative estimate of drug-likeness (QED) is 0.776. The van der Waals surface area contributed by atoms with E-state index in [9.17, 15) is 9.59 Å². The number of rotatable bonds is 4. The second kappa shape index (κ2) is 7.44. The Kier molecular flexibility index (Phi) is 4.77. The van der Waals surface area contributed by atoms with Crippen molar-refractivity contribution in [3.05, 3.63) is 34.8 Å². The highest BCUT2D eigenvalue weighted by molar-refractivity contribution is 7.71. The van der Waals surface area contributed by atoms with Gasteiger partial charge < -0.3 is 18.8 Å². The molecule has 0 radical (unpaired) electrons. The molecule has 1 N–H and O–H groups in total. The summed E-state index contributed by atoms with van der Waals surface area (Å²) >= 11 is 5.42. The number of carbonyl (C=O) groups excluding carboxylic acids is 2. The Morgan fingerprint density at radius 1 is 1.17 bits per heavy atom. The lowest BCUT2D eigenvalue weighted by atomic mass is 9.96. The topological polar surface area (TPSA) is 87.4 Å². The molecule has 2 aliphatic heterocycles. The summed E-state index contributed by atoms with van der Waals surface area (Å²) < 4.78 is 8.09. The molecule has 29 heavy (non-hydrogen) atoms. The normalized spacial score (nSPS) is 24.8. The number of nitrogens with zero attached hydrogens (tertiary/aromatic N) is 4. The molecule has 0 spiro atoms. The Hall–Kier alpha value is -2.42. The van der Waals surface area contributed by atoms with Gasteiger partial charge in [0, 0.05) is 31.6 Å². The van der Waals surface area contributed by atoms with E-state index >= 15 is 0 Å². The van der Waals surface area contributed by atoms with Gasteiger partial charge in [-0.3, -0.25) is 14.7 Å². The van der Waals surface area contributed by atoms with Crippen LogP contribution in [0.4, 0.5) is 0 Å². The van der Waals surface area contributed by atoms with Gasteiger partial charge in [-0.25, -0.2) is 0 Å². The summed E-state index contributed by atoms with van der Waals surface area (Å²) in [6.07, 6.45) is 7.23. The minimum atomic E-state index is -0.407. The molecule has 2 aromatic rings. The Morgan fingerprint density at radius 3 is 2.76 bits per heavy atom. The van der Waals surface area contributed by atoms with E-state index in [1.165, 1.54) is 6.26 Å². The van der Waals surface area contributed by atoms with E-state index in [-0.39, 0.29) is 17.7 Å². The number of hydrogen-bond acceptors (Lipinski definition) is 5. The number of likely N-dealkylation sites (tertiary alicyclic amines) is 2. The molecule has 2 atom stereocenters. The van der Waals surface area contributed by atoms with Gasteiger partial charge in [0.25, 0.3) is 5.91 Å². The molecule has 2 unspecified atom stereocenters. The number of nitrogens with one attached hydrogen (secondary N) is 1. The van der Waals surface area contributed by atoms with Crippen LogP contribution < -0.4 is 0 Å². The second-order valence-corrected chi connectivity index (χ2v) is 8.63. The average Bonchev–Trinajstić information content (AvgIpc) is 3.17. The van der Waals surface area contributed by atoms with Crippen LogP contribution in [0.25, 0.3) is 0 Å². The van der Waals surface area contributed by atoms with Gasteiger partial charge in [-0.2, -0.15) is 5.10 Å². The largest absolute Gasteiger partial charge is 0.459 e. The fourth-order valence-corrected chi connectivity index (χ4v) is 4.99. The molecule has 3 fully saturated rings. The molecule has 154 valence electrons. The van der Waals surface area contributed by atoms with Crippen molar-refractivity contribution < 1.29 is 14.0 Å². The third-order valence-corrected chi connectivity index (χ3v) is 6.56. The molecule has 0 aromatic carbocycles. The third-order valence-electron chi connectivity index (χ3n) is 6.27. The number of piperidine rings is 1. The summed E-state index contributed by atoms with van der Waals surface area (Å²) in [6, 6.07) is 3.40. The van der Waals surface area contributed by atoms with Crippen LogP contribution in [0.15, 0.2) is 22.8 Å². The van der Waals surface area contributed by atoms with Crippen molar-refractivity contribution in [2.24, 2.45) is 0 Å². The first-order chi connectivity index (χ1) is 14.1. The maximum atomic E-state index is 13.3. The molecule has 3 aliphatic rings. The van der Waals surface area contributed by atoms with Crippen molar-refractivity contribution in [2.45, 2.75) is 56.5 Å². The van der Waals surface area contributed by atoms with E-state index in [1.54, 1.807) is 17.0 Å². The van der Waals surface area contributed by atoms with E-state index in [0.29, 0.717) is 36.1 Å². The lowest BCUT2D eigenvalue weighted by molar-refractivity contribution is -0.136. The summed E-state index contributed by atoms with van der Waals surface area (Å²) in [7, 11) is 0. The van der Waals surface area contributed by atoms with Crippen molar-refractivity contribution >= 4 is 24.0 Å². The monoisotopic (exact) mass is 415 g/mol. The molecule has 0 bridgehead atoms. The maximum Gasteiger partial charge on any atom is 0.290 e. The van der Waals surface area contributed by atoms with E-state index in [2.05, 4.69) is 14.8 Å². The van der Waals surface area contributed by atoms with Crippen LogP contribution in [0.5, 0.6) is 0 Å². The Labute approximate surface area is 173 Å². The molecule has 4 heterocycles. The Balaban J connectivity index is 1.32. The summed E-state index contributed by atoms with van der Waals surface area (Å²) in [6.45, 7) is 1.95.